The molecule has 2 aromatic rings. The van der Waals surface area contributed by atoms with Gasteiger partial charge in [-0.2, -0.15) is 4.31 Å². The van der Waals surface area contributed by atoms with E-state index in [1.54, 1.807) is 31.2 Å². The van der Waals surface area contributed by atoms with Gasteiger partial charge in [0.1, 0.15) is 0 Å². The summed E-state index contributed by atoms with van der Waals surface area (Å²) in [5, 5.41) is 11.3. The molecule has 38 heavy (non-hydrogen) atoms. The summed E-state index contributed by atoms with van der Waals surface area (Å²) in [6, 6.07) is 12.4. The summed E-state index contributed by atoms with van der Waals surface area (Å²) in [6.45, 7) is 2.82. The van der Waals surface area contributed by atoms with Crippen molar-refractivity contribution in [3.8, 4) is 0 Å². The van der Waals surface area contributed by atoms with Gasteiger partial charge in [-0.05, 0) is 31.0 Å². The molecular formula is C28H37N3O6S. The predicted molar refractivity (Wildman–Crippen MR) is 146 cm³/mol. The lowest BCUT2D eigenvalue weighted by Crippen LogP contribution is -2.32. The maximum absolute atomic E-state index is 12.9. The molecule has 0 radical (unpaired) electrons. The standard InChI is InChI=1S/C28H37N3O6S/c1-2-29(38(36,37)26-20-14-13-19-25(26)31(34)35)21-15-9-7-5-3-4-6-8-10-16-22-30-27(32)23-17-11-12-18-24(23)28(30)33/h11-14,17-20H,2-10,15-16,21-22H2,1H3. The van der Waals surface area contributed by atoms with Gasteiger partial charge >= 0.3 is 0 Å². The first-order chi connectivity index (χ1) is 18.3. The molecule has 0 unspecified atom stereocenters. The average Bonchev–Trinajstić information content (AvgIpc) is 3.16. The smallest absolute Gasteiger partial charge is 0.274 e. The van der Waals surface area contributed by atoms with E-state index in [4.69, 9.17) is 0 Å². The van der Waals surface area contributed by atoms with Gasteiger partial charge in [0.15, 0.2) is 4.90 Å². The third kappa shape index (κ3) is 7.26. The lowest BCUT2D eigenvalue weighted by Gasteiger charge is -2.20. The average molecular weight is 544 g/mol. The Kier molecular flexibility index (Phi) is 11.0. The van der Waals surface area contributed by atoms with E-state index < -0.39 is 20.6 Å². The Labute approximate surface area is 225 Å². The second-order valence-corrected chi connectivity index (χ2v) is 11.5. The lowest BCUT2D eigenvalue weighted by atomic mass is 10.1. The fraction of sp³-hybridized carbons (Fsp3) is 0.500. The number of sulfonamides is 1. The van der Waals surface area contributed by atoms with Crippen LogP contribution in [0, 0.1) is 10.1 Å². The van der Waals surface area contributed by atoms with Gasteiger partial charge in [-0.1, -0.05) is 82.6 Å². The van der Waals surface area contributed by atoms with Crippen LogP contribution >= 0.6 is 0 Å². The molecule has 0 aromatic heterocycles. The number of amides is 2. The van der Waals surface area contributed by atoms with Gasteiger partial charge in [-0.25, -0.2) is 8.42 Å². The van der Waals surface area contributed by atoms with Gasteiger partial charge in [0.25, 0.3) is 17.5 Å². The first-order valence-corrected chi connectivity index (χ1v) is 14.9. The predicted octanol–water partition coefficient (Wildman–Crippen LogP) is 5.80. The topological polar surface area (TPSA) is 118 Å². The second kappa shape index (κ2) is 14.2. The largest absolute Gasteiger partial charge is 0.289 e. The van der Waals surface area contributed by atoms with E-state index >= 15 is 0 Å². The molecule has 2 aromatic carbocycles. The molecule has 0 N–H and O–H groups in total. The molecule has 0 saturated heterocycles. The van der Waals surface area contributed by atoms with Gasteiger partial charge in [-0.3, -0.25) is 24.6 Å². The summed E-state index contributed by atoms with van der Waals surface area (Å²) in [7, 11) is -3.91. The summed E-state index contributed by atoms with van der Waals surface area (Å²) in [5.41, 5.74) is 0.609. The van der Waals surface area contributed by atoms with Crippen molar-refractivity contribution in [1.82, 2.24) is 9.21 Å². The van der Waals surface area contributed by atoms with Crippen LogP contribution < -0.4 is 0 Å². The van der Waals surface area contributed by atoms with Crippen LogP contribution in [0.4, 0.5) is 5.69 Å². The Bertz CT molecular complexity index is 1200. The molecule has 1 heterocycles. The number of nitrogens with zero attached hydrogens (tertiary/aromatic N) is 3. The van der Waals surface area contributed by atoms with Gasteiger partial charge in [0, 0.05) is 25.7 Å². The molecule has 0 aliphatic carbocycles. The zero-order valence-electron chi connectivity index (χ0n) is 22.0. The molecule has 10 heteroatoms. The third-order valence-corrected chi connectivity index (χ3v) is 8.97. The molecule has 206 valence electrons. The number of para-hydroxylation sites is 1. The minimum absolute atomic E-state index is 0.188. The molecular weight excluding hydrogens is 506 g/mol. The highest BCUT2D eigenvalue weighted by Crippen LogP contribution is 2.27. The number of carbonyl (C=O) groups is 2. The number of nitro benzene ring substituents is 1. The molecule has 3 rings (SSSR count). The Morgan fingerprint density at radius 3 is 1.76 bits per heavy atom. The summed E-state index contributed by atoms with van der Waals surface area (Å²) in [4.78, 5) is 36.4. The molecule has 0 spiro atoms. The van der Waals surface area contributed by atoms with E-state index in [-0.39, 0.29) is 23.3 Å². The van der Waals surface area contributed by atoms with Gasteiger partial charge in [0.2, 0.25) is 10.0 Å². The van der Waals surface area contributed by atoms with Crippen LogP contribution in [0.2, 0.25) is 0 Å². The van der Waals surface area contributed by atoms with E-state index in [0.29, 0.717) is 30.6 Å². The Morgan fingerprint density at radius 1 is 0.763 bits per heavy atom. The SMILES string of the molecule is CCN(CCCCCCCCCCCCN1C(=O)c2ccccc2C1=O)S(=O)(=O)c1ccccc1[N+](=O)[O-]. The van der Waals surface area contributed by atoms with Crippen molar-refractivity contribution in [3.63, 3.8) is 0 Å². The highest BCUT2D eigenvalue weighted by Gasteiger charge is 2.34. The fourth-order valence-corrected chi connectivity index (χ4v) is 6.47. The number of benzene rings is 2. The third-order valence-electron chi connectivity index (χ3n) is 6.95. The molecule has 2 amide bonds. The van der Waals surface area contributed by atoms with Crippen molar-refractivity contribution in [2.75, 3.05) is 19.6 Å². The van der Waals surface area contributed by atoms with Crippen LogP contribution in [0.3, 0.4) is 0 Å². The molecule has 0 bridgehead atoms. The normalized spacial score (nSPS) is 13.4. The summed E-state index contributed by atoms with van der Waals surface area (Å²) >= 11 is 0. The van der Waals surface area contributed by atoms with Gasteiger partial charge in [0.05, 0.1) is 16.1 Å². The first-order valence-electron chi connectivity index (χ1n) is 13.5. The highest BCUT2D eigenvalue weighted by atomic mass is 32.2. The quantitative estimate of drug-likeness (QED) is 0.108. The number of rotatable bonds is 17. The van der Waals surface area contributed by atoms with E-state index in [1.165, 1.54) is 33.5 Å². The number of hydrogen-bond acceptors (Lipinski definition) is 6. The summed E-state index contributed by atoms with van der Waals surface area (Å²) in [5.74, 6) is -0.377. The fourth-order valence-electron chi connectivity index (χ4n) is 4.83. The van der Waals surface area contributed by atoms with Crippen LogP contribution in [-0.4, -0.2) is 54.0 Å². The monoisotopic (exact) mass is 543 g/mol. The van der Waals surface area contributed by atoms with Crippen molar-refractivity contribution < 1.29 is 22.9 Å². The number of carbonyl (C=O) groups excluding carboxylic acids is 2. The van der Waals surface area contributed by atoms with Crippen molar-refractivity contribution in [1.29, 1.82) is 0 Å². The van der Waals surface area contributed by atoms with Gasteiger partial charge < -0.3 is 0 Å². The number of hydrogen-bond donors (Lipinski definition) is 0. The van der Waals surface area contributed by atoms with E-state index in [0.717, 1.165) is 57.8 Å². The lowest BCUT2D eigenvalue weighted by molar-refractivity contribution is -0.387. The van der Waals surface area contributed by atoms with Crippen LogP contribution in [0.1, 0.15) is 91.8 Å². The van der Waals surface area contributed by atoms with Crippen molar-refractivity contribution in [2.24, 2.45) is 0 Å². The highest BCUT2D eigenvalue weighted by molar-refractivity contribution is 7.89. The number of nitro groups is 1. The van der Waals surface area contributed by atoms with Crippen molar-refractivity contribution >= 4 is 27.5 Å². The van der Waals surface area contributed by atoms with Crippen LogP contribution in [0.5, 0.6) is 0 Å². The second-order valence-electron chi connectivity index (χ2n) is 9.56. The molecule has 0 atom stereocenters. The molecule has 9 nitrogen and oxygen atoms in total. The Hall–Kier alpha value is -3.11. The summed E-state index contributed by atoms with van der Waals surface area (Å²) < 4.78 is 27.2. The van der Waals surface area contributed by atoms with Crippen molar-refractivity contribution in [3.05, 3.63) is 69.8 Å². The summed E-state index contributed by atoms with van der Waals surface area (Å²) in [6.07, 6.45) is 9.93. The maximum atomic E-state index is 12.9. The minimum Gasteiger partial charge on any atom is -0.274 e. The number of fused-ring (bicyclic) bond motifs is 1. The van der Waals surface area contributed by atoms with E-state index in [1.807, 2.05) is 0 Å². The van der Waals surface area contributed by atoms with Crippen LogP contribution in [0.25, 0.3) is 0 Å². The first kappa shape index (κ1) is 29.4. The number of imide groups is 1. The number of unbranched alkanes of at least 4 members (excludes halogenated alkanes) is 9. The minimum atomic E-state index is -3.91. The van der Waals surface area contributed by atoms with Gasteiger partial charge in [-0.15, -0.1) is 0 Å². The Balaban J connectivity index is 1.24. The van der Waals surface area contributed by atoms with Crippen LogP contribution in [0.15, 0.2) is 53.4 Å². The van der Waals surface area contributed by atoms with E-state index in [2.05, 4.69) is 0 Å². The Morgan fingerprint density at radius 2 is 1.24 bits per heavy atom. The molecule has 0 saturated carbocycles. The zero-order valence-corrected chi connectivity index (χ0v) is 22.8. The molecule has 1 aliphatic rings. The van der Waals surface area contributed by atoms with E-state index in [9.17, 15) is 28.1 Å². The van der Waals surface area contributed by atoms with Crippen LogP contribution in [-0.2, 0) is 10.0 Å². The maximum Gasteiger partial charge on any atom is 0.289 e. The molecule has 0 fully saturated rings. The molecule has 1 aliphatic heterocycles. The van der Waals surface area contributed by atoms with Crippen molar-refractivity contribution in [2.45, 2.75) is 76.0 Å². The zero-order chi connectivity index (χ0) is 27.5.